The summed E-state index contributed by atoms with van der Waals surface area (Å²) in [4.78, 5) is 10.2. The van der Waals surface area contributed by atoms with Gasteiger partial charge in [0.05, 0.1) is 11.1 Å². The van der Waals surface area contributed by atoms with Gasteiger partial charge >= 0.3 is 0 Å². The molecule has 1 aromatic heterocycles. The van der Waals surface area contributed by atoms with Crippen molar-refractivity contribution in [2.75, 3.05) is 13.1 Å². The molecule has 0 saturated heterocycles. The average Bonchev–Trinajstić information content (AvgIpc) is 2.84. The van der Waals surface area contributed by atoms with Gasteiger partial charge in [-0.2, -0.15) is 5.10 Å². The second-order valence-electron chi connectivity index (χ2n) is 4.70. The summed E-state index contributed by atoms with van der Waals surface area (Å²) in [5, 5.41) is 18.0. The average molecular weight is 274 g/mol. The van der Waals surface area contributed by atoms with Crippen molar-refractivity contribution in [1.82, 2.24) is 15.1 Å². The molecule has 0 radical (unpaired) electrons. The first-order valence-electron chi connectivity index (χ1n) is 6.57. The lowest BCUT2D eigenvalue weighted by Crippen LogP contribution is -2.20. The molecule has 0 atom stereocenters. The molecule has 106 valence electrons. The number of benzene rings is 1. The molecule has 0 aliphatic rings. The van der Waals surface area contributed by atoms with Crippen molar-refractivity contribution in [3.63, 3.8) is 0 Å². The highest BCUT2D eigenvalue weighted by Crippen LogP contribution is 2.11. The van der Waals surface area contributed by atoms with E-state index < -0.39 is 0 Å². The number of hydrogen-bond acceptors (Lipinski definition) is 4. The minimum atomic E-state index is -0.379. The molecule has 0 aliphatic heterocycles. The quantitative estimate of drug-likeness (QED) is 0.474. The Morgan fingerprint density at radius 3 is 2.40 bits per heavy atom. The van der Waals surface area contributed by atoms with Gasteiger partial charge in [-0.15, -0.1) is 0 Å². The van der Waals surface area contributed by atoms with E-state index in [1.807, 2.05) is 19.4 Å². The molecule has 0 fully saturated rings. The van der Waals surface area contributed by atoms with Gasteiger partial charge in [-0.3, -0.25) is 14.8 Å². The zero-order valence-electron chi connectivity index (χ0n) is 11.5. The SMILES string of the molecule is Cn1cc(CCNCCc2ccc([N+](=O)[O-])cc2)cn1. The van der Waals surface area contributed by atoms with Crippen molar-refractivity contribution >= 4 is 5.69 Å². The zero-order valence-corrected chi connectivity index (χ0v) is 11.5. The van der Waals surface area contributed by atoms with Gasteiger partial charge in [0.15, 0.2) is 0 Å². The third kappa shape index (κ3) is 4.17. The van der Waals surface area contributed by atoms with Crippen molar-refractivity contribution in [1.29, 1.82) is 0 Å². The molecule has 6 heteroatoms. The van der Waals surface area contributed by atoms with Crippen LogP contribution in [0.5, 0.6) is 0 Å². The van der Waals surface area contributed by atoms with Crippen LogP contribution in [0.2, 0.25) is 0 Å². The smallest absolute Gasteiger partial charge is 0.269 e. The monoisotopic (exact) mass is 274 g/mol. The van der Waals surface area contributed by atoms with Crippen LogP contribution in [-0.2, 0) is 19.9 Å². The molecule has 0 spiro atoms. The third-order valence-electron chi connectivity index (χ3n) is 3.09. The molecular formula is C14H18N4O2. The molecule has 0 unspecified atom stereocenters. The van der Waals surface area contributed by atoms with Crippen LogP contribution in [0.3, 0.4) is 0 Å². The lowest BCUT2D eigenvalue weighted by atomic mass is 10.1. The van der Waals surface area contributed by atoms with Crippen LogP contribution in [0.25, 0.3) is 0 Å². The van der Waals surface area contributed by atoms with Crippen LogP contribution in [0.15, 0.2) is 36.7 Å². The molecule has 0 bridgehead atoms. The molecule has 0 amide bonds. The standard InChI is InChI=1S/C14H18N4O2/c1-17-11-13(10-16-17)7-9-15-8-6-12-2-4-14(5-3-12)18(19)20/h2-5,10-11,15H,6-9H2,1H3. The van der Waals surface area contributed by atoms with E-state index in [0.717, 1.165) is 31.5 Å². The predicted octanol–water partition coefficient (Wildman–Crippen LogP) is 1.70. The van der Waals surface area contributed by atoms with Gasteiger partial charge in [0.2, 0.25) is 0 Å². The Kier molecular flexibility index (Phi) is 4.84. The maximum atomic E-state index is 10.5. The number of nitrogens with zero attached hydrogens (tertiary/aromatic N) is 3. The van der Waals surface area contributed by atoms with Gasteiger partial charge in [0, 0.05) is 25.4 Å². The van der Waals surface area contributed by atoms with E-state index in [2.05, 4.69) is 10.4 Å². The molecule has 2 aromatic rings. The van der Waals surface area contributed by atoms with Crippen LogP contribution in [0.1, 0.15) is 11.1 Å². The van der Waals surface area contributed by atoms with E-state index in [-0.39, 0.29) is 10.6 Å². The van der Waals surface area contributed by atoms with Crippen molar-refractivity contribution in [3.8, 4) is 0 Å². The summed E-state index contributed by atoms with van der Waals surface area (Å²) < 4.78 is 1.80. The number of hydrogen-bond donors (Lipinski definition) is 1. The first kappa shape index (κ1) is 14.2. The second kappa shape index (κ2) is 6.81. The lowest BCUT2D eigenvalue weighted by Gasteiger charge is -2.04. The van der Waals surface area contributed by atoms with E-state index in [4.69, 9.17) is 0 Å². The number of aryl methyl sites for hydroxylation is 1. The summed E-state index contributed by atoms with van der Waals surface area (Å²) in [6.07, 6.45) is 5.70. The number of nitro benzene ring substituents is 1. The number of aromatic nitrogens is 2. The second-order valence-corrected chi connectivity index (χ2v) is 4.70. The van der Waals surface area contributed by atoms with E-state index in [1.54, 1.807) is 28.9 Å². The van der Waals surface area contributed by atoms with Crippen LogP contribution in [0.4, 0.5) is 5.69 Å². The number of non-ortho nitro benzene ring substituents is 1. The van der Waals surface area contributed by atoms with Crippen LogP contribution in [-0.4, -0.2) is 27.8 Å². The number of nitro groups is 1. The van der Waals surface area contributed by atoms with Crippen molar-refractivity contribution in [2.24, 2.45) is 7.05 Å². The van der Waals surface area contributed by atoms with Gasteiger partial charge < -0.3 is 5.32 Å². The predicted molar refractivity (Wildman–Crippen MR) is 76.6 cm³/mol. The maximum absolute atomic E-state index is 10.5. The molecule has 1 N–H and O–H groups in total. The fraction of sp³-hybridized carbons (Fsp3) is 0.357. The summed E-state index contributed by atoms with van der Waals surface area (Å²) in [6.45, 7) is 1.76. The summed E-state index contributed by atoms with van der Waals surface area (Å²) in [5.41, 5.74) is 2.46. The van der Waals surface area contributed by atoms with Crippen LogP contribution in [0, 0.1) is 10.1 Å². The largest absolute Gasteiger partial charge is 0.316 e. The van der Waals surface area contributed by atoms with E-state index in [0.29, 0.717) is 0 Å². The molecule has 1 heterocycles. The fourth-order valence-corrected chi connectivity index (χ4v) is 1.98. The maximum Gasteiger partial charge on any atom is 0.269 e. The Morgan fingerprint density at radius 2 is 1.85 bits per heavy atom. The molecule has 0 aliphatic carbocycles. The Morgan fingerprint density at radius 1 is 1.20 bits per heavy atom. The molecular weight excluding hydrogens is 256 g/mol. The summed E-state index contributed by atoms with van der Waals surface area (Å²) >= 11 is 0. The lowest BCUT2D eigenvalue weighted by molar-refractivity contribution is -0.384. The van der Waals surface area contributed by atoms with Gasteiger partial charge in [-0.05, 0) is 37.1 Å². The minimum absolute atomic E-state index is 0.137. The van der Waals surface area contributed by atoms with Gasteiger partial charge in [0.25, 0.3) is 5.69 Å². The Labute approximate surface area is 117 Å². The van der Waals surface area contributed by atoms with Crippen LogP contribution < -0.4 is 5.32 Å². The minimum Gasteiger partial charge on any atom is -0.316 e. The highest BCUT2D eigenvalue weighted by molar-refractivity contribution is 5.32. The van der Waals surface area contributed by atoms with E-state index in [1.165, 1.54) is 5.56 Å². The molecule has 1 aromatic carbocycles. The van der Waals surface area contributed by atoms with E-state index in [9.17, 15) is 10.1 Å². The molecule has 2 rings (SSSR count). The van der Waals surface area contributed by atoms with Crippen molar-refractivity contribution in [3.05, 3.63) is 57.9 Å². The van der Waals surface area contributed by atoms with Crippen LogP contribution >= 0.6 is 0 Å². The van der Waals surface area contributed by atoms with Gasteiger partial charge in [-0.1, -0.05) is 12.1 Å². The zero-order chi connectivity index (χ0) is 14.4. The topological polar surface area (TPSA) is 73.0 Å². The van der Waals surface area contributed by atoms with Crippen molar-refractivity contribution in [2.45, 2.75) is 12.8 Å². The van der Waals surface area contributed by atoms with Gasteiger partial charge in [0.1, 0.15) is 0 Å². The van der Waals surface area contributed by atoms with Gasteiger partial charge in [-0.25, -0.2) is 0 Å². The number of nitrogens with one attached hydrogen (secondary N) is 1. The summed E-state index contributed by atoms with van der Waals surface area (Å²) in [7, 11) is 1.91. The first-order valence-corrected chi connectivity index (χ1v) is 6.57. The summed E-state index contributed by atoms with van der Waals surface area (Å²) in [5.74, 6) is 0. The molecule has 6 nitrogen and oxygen atoms in total. The third-order valence-corrected chi connectivity index (χ3v) is 3.09. The Bertz CT molecular complexity index is 563. The first-order chi connectivity index (χ1) is 9.65. The van der Waals surface area contributed by atoms with Crippen molar-refractivity contribution < 1.29 is 4.92 Å². The number of rotatable bonds is 7. The highest BCUT2D eigenvalue weighted by Gasteiger charge is 2.03. The fourth-order valence-electron chi connectivity index (χ4n) is 1.98. The van der Waals surface area contributed by atoms with E-state index >= 15 is 0 Å². The Balaban J connectivity index is 1.66. The molecule has 20 heavy (non-hydrogen) atoms. The normalized spacial score (nSPS) is 10.7. The molecule has 0 saturated carbocycles. The summed E-state index contributed by atoms with van der Waals surface area (Å²) in [6, 6.07) is 6.71. The highest BCUT2D eigenvalue weighted by atomic mass is 16.6. The Hall–Kier alpha value is -2.21.